The summed E-state index contributed by atoms with van der Waals surface area (Å²) in [5.41, 5.74) is 2.13. The number of thiazole rings is 1. The van der Waals surface area contributed by atoms with Crippen LogP contribution in [0.25, 0.3) is 0 Å². The van der Waals surface area contributed by atoms with Crippen molar-refractivity contribution in [3.8, 4) is 5.75 Å². The van der Waals surface area contributed by atoms with Crippen LogP contribution in [0.1, 0.15) is 10.7 Å². The Labute approximate surface area is 116 Å². The summed E-state index contributed by atoms with van der Waals surface area (Å²) >= 11 is 1.67. The van der Waals surface area contributed by atoms with Gasteiger partial charge in [0, 0.05) is 11.1 Å². The number of nitrogens with zero attached hydrogens (tertiary/aromatic N) is 2. The lowest BCUT2D eigenvalue weighted by atomic mass is 10.2. The molecule has 0 aliphatic carbocycles. The standard InChI is InChI=1S/C14H16N2O2S/c1-10-9-19-14(15-10)7-16-6-11(8-17)18-13-5-3-2-4-12(13)16/h2-5,9,11,17H,6-8H2,1H3/t11-/m0/s1. The van der Waals surface area contributed by atoms with Crippen molar-refractivity contribution in [2.45, 2.75) is 19.6 Å². The summed E-state index contributed by atoms with van der Waals surface area (Å²) in [6.45, 7) is 3.48. The zero-order chi connectivity index (χ0) is 13.2. The van der Waals surface area contributed by atoms with E-state index in [1.165, 1.54) is 0 Å². The lowest BCUT2D eigenvalue weighted by molar-refractivity contribution is 0.112. The first-order valence-electron chi connectivity index (χ1n) is 6.29. The Morgan fingerprint density at radius 2 is 2.32 bits per heavy atom. The molecule has 0 fully saturated rings. The van der Waals surface area contributed by atoms with Crippen molar-refractivity contribution >= 4 is 17.0 Å². The first-order valence-corrected chi connectivity index (χ1v) is 7.16. The quantitative estimate of drug-likeness (QED) is 0.933. The zero-order valence-electron chi connectivity index (χ0n) is 10.7. The van der Waals surface area contributed by atoms with Crippen LogP contribution in [0.15, 0.2) is 29.6 Å². The number of aryl methyl sites for hydroxylation is 1. The SMILES string of the molecule is Cc1csc(CN2C[C@@H](CO)Oc3ccccc32)n1. The third kappa shape index (κ3) is 2.57. The Balaban J connectivity index is 1.87. The summed E-state index contributed by atoms with van der Waals surface area (Å²) in [4.78, 5) is 6.72. The highest BCUT2D eigenvalue weighted by atomic mass is 32.1. The van der Waals surface area contributed by atoms with E-state index in [2.05, 4.69) is 15.3 Å². The van der Waals surface area contributed by atoms with E-state index in [-0.39, 0.29) is 12.7 Å². The monoisotopic (exact) mass is 276 g/mol. The lowest BCUT2D eigenvalue weighted by Crippen LogP contribution is -2.41. The van der Waals surface area contributed by atoms with Gasteiger partial charge >= 0.3 is 0 Å². The molecular weight excluding hydrogens is 260 g/mol. The summed E-state index contributed by atoms with van der Waals surface area (Å²) in [6, 6.07) is 7.94. The molecule has 1 aliphatic heterocycles. The van der Waals surface area contributed by atoms with Crippen molar-refractivity contribution in [3.63, 3.8) is 0 Å². The number of rotatable bonds is 3. The number of aliphatic hydroxyl groups is 1. The molecule has 1 atom stereocenters. The Morgan fingerprint density at radius 1 is 1.47 bits per heavy atom. The van der Waals surface area contributed by atoms with Crippen LogP contribution in [0.3, 0.4) is 0 Å². The third-order valence-corrected chi connectivity index (χ3v) is 4.07. The Kier molecular flexibility index (Phi) is 3.40. The number of para-hydroxylation sites is 2. The van der Waals surface area contributed by atoms with Crippen molar-refractivity contribution in [2.24, 2.45) is 0 Å². The van der Waals surface area contributed by atoms with Gasteiger partial charge in [-0.05, 0) is 19.1 Å². The molecule has 5 heteroatoms. The second-order valence-corrected chi connectivity index (χ2v) is 5.60. The fourth-order valence-electron chi connectivity index (χ4n) is 2.26. The molecule has 1 aliphatic rings. The minimum atomic E-state index is -0.170. The van der Waals surface area contributed by atoms with Crippen molar-refractivity contribution < 1.29 is 9.84 Å². The number of hydrogen-bond acceptors (Lipinski definition) is 5. The van der Waals surface area contributed by atoms with Gasteiger partial charge in [-0.15, -0.1) is 11.3 Å². The number of aliphatic hydroxyl groups excluding tert-OH is 1. The summed E-state index contributed by atoms with van der Waals surface area (Å²) in [5, 5.41) is 12.5. The molecule has 0 spiro atoms. The Morgan fingerprint density at radius 3 is 3.05 bits per heavy atom. The highest BCUT2D eigenvalue weighted by Gasteiger charge is 2.25. The van der Waals surface area contributed by atoms with E-state index in [9.17, 15) is 5.11 Å². The second kappa shape index (κ2) is 5.19. The number of aromatic nitrogens is 1. The number of anilines is 1. The molecule has 3 rings (SSSR count). The van der Waals surface area contributed by atoms with Crippen LogP contribution in [0, 0.1) is 6.92 Å². The molecule has 0 saturated carbocycles. The number of benzene rings is 1. The van der Waals surface area contributed by atoms with E-state index in [1.807, 2.05) is 31.2 Å². The van der Waals surface area contributed by atoms with Crippen LogP contribution < -0.4 is 9.64 Å². The topological polar surface area (TPSA) is 45.6 Å². The van der Waals surface area contributed by atoms with Crippen LogP contribution in [-0.4, -0.2) is 29.3 Å². The van der Waals surface area contributed by atoms with E-state index in [1.54, 1.807) is 11.3 Å². The fraction of sp³-hybridized carbons (Fsp3) is 0.357. The van der Waals surface area contributed by atoms with Gasteiger partial charge in [-0.2, -0.15) is 0 Å². The molecule has 0 unspecified atom stereocenters. The predicted octanol–water partition coefficient (Wildman–Crippen LogP) is 2.21. The first-order chi connectivity index (χ1) is 9.26. The van der Waals surface area contributed by atoms with E-state index < -0.39 is 0 Å². The number of ether oxygens (including phenoxy) is 1. The molecule has 0 radical (unpaired) electrons. The number of fused-ring (bicyclic) bond motifs is 1. The molecule has 2 aromatic rings. The van der Waals surface area contributed by atoms with Gasteiger partial charge in [-0.25, -0.2) is 4.98 Å². The van der Waals surface area contributed by atoms with Gasteiger partial charge in [0.2, 0.25) is 0 Å². The van der Waals surface area contributed by atoms with E-state index >= 15 is 0 Å². The second-order valence-electron chi connectivity index (χ2n) is 4.65. The first kappa shape index (κ1) is 12.4. The average molecular weight is 276 g/mol. The smallest absolute Gasteiger partial charge is 0.143 e. The van der Waals surface area contributed by atoms with Gasteiger partial charge in [0.25, 0.3) is 0 Å². The van der Waals surface area contributed by atoms with Crippen LogP contribution in [0.4, 0.5) is 5.69 Å². The largest absolute Gasteiger partial charge is 0.484 e. The maximum Gasteiger partial charge on any atom is 0.143 e. The Hall–Kier alpha value is -1.59. The van der Waals surface area contributed by atoms with E-state index in [4.69, 9.17) is 4.74 Å². The van der Waals surface area contributed by atoms with Gasteiger partial charge in [0.1, 0.15) is 16.9 Å². The molecule has 100 valence electrons. The highest BCUT2D eigenvalue weighted by Crippen LogP contribution is 2.34. The Bertz CT molecular complexity index is 570. The normalized spacial score (nSPS) is 18.0. The molecule has 0 saturated heterocycles. The van der Waals surface area contributed by atoms with Crippen LogP contribution in [0.5, 0.6) is 5.75 Å². The molecule has 0 amide bonds. The summed E-state index contributed by atoms with van der Waals surface area (Å²) in [7, 11) is 0. The number of hydrogen-bond donors (Lipinski definition) is 1. The molecule has 2 heterocycles. The summed E-state index contributed by atoms with van der Waals surface area (Å²) in [6.07, 6.45) is -0.170. The molecule has 0 bridgehead atoms. The molecule has 19 heavy (non-hydrogen) atoms. The van der Waals surface area contributed by atoms with Crippen LogP contribution >= 0.6 is 11.3 Å². The van der Waals surface area contributed by atoms with Crippen molar-refractivity contribution in [1.29, 1.82) is 0 Å². The van der Waals surface area contributed by atoms with Crippen molar-refractivity contribution in [2.75, 3.05) is 18.1 Å². The van der Waals surface area contributed by atoms with Crippen molar-refractivity contribution in [3.05, 3.63) is 40.3 Å². The van der Waals surface area contributed by atoms with E-state index in [0.29, 0.717) is 6.54 Å². The van der Waals surface area contributed by atoms with Gasteiger partial charge in [-0.1, -0.05) is 12.1 Å². The zero-order valence-corrected chi connectivity index (χ0v) is 11.6. The minimum absolute atomic E-state index is 0.0295. The summed E-state index contributed by atoms with van der Waals surface area (Å²) < 4.78 is 5.75. The van der Waals surface area contributed by atoms with E-state index in [0.717, 1.165) is 28.7 Å². The summed E-state index contributed by atoms with van der Waals surface area (Å²) in [5.74, 6) is 0.834. The molecule has 4 nitrogen and oxygen atoms in total. The molecule has 1 aromatic carbocycles. The third-order valence-electron chi connectivity index (χ3n) is 3.12. The van der Waals surface area contributed by atoms with Gasteiger partial charge in [0.05, 0.1) is 25.4 Å². The van der Waals surface area contributed by atoms with Gasteiger partial charge in [-0.3, -0.25) is 0 Å². The molecule has 1 aromatic heterocycles. The molecule has 1 N–H and O–H groups in total. The maximum absolute atomic E-state index is 9.34. The van der Waals surface area contributed by atoms with Crippen LogP contribution in [0.2, 0.25) is 0 Å². The lowest BCUT2D eigenvalue weighted by Gasteiger charge is -2.35. The van der Waals surface area contributed by atoms with Gasteiger partial charge < -0.3 is 14.7 Å². The van der Waals surface area contributed by atoms with Crippen molar-refractivity contribution in [1.82, 2.24) is 4.98 Å². The predicted molar refractivity (Wildman–Crippen MR) is 75.8 cm³/mol. The minimum Gasteiger partial charge on any atom is -0.484 e. The maximum atomic E-state index is 9.34. The highest BCUT2D eigenvalue weighted by molar-refractivity contribution is 7.09. The van der Waals surface area contributed by atoms with Gasteiger partial charge in [0.15, 0.2) is 0 Å². The average Bonchev–Trinajstić information content (AvgIpc) is 2.84. The fourth-order valence-corrected chi connectivity index (χ4v) is 3.05. The molecular formula is C14H16N2O2S. The van der Waals surface area contributed by atoms with Crippen LogP contribution in [-0.2, 0) is 6.54 Å².